The Balaban J connectivity index is 1.41. The highest BCUT2D eigenvalue weighted by Crippen LogP contribution is 2.31. The summed E-state index contributed by atoms with van der Waals surface area (Å²) in [5.74, 6) is 0. The Morgan fingerprint density at radius 2 is 0.783 bits per heavy atom. The third-order valence-electron chi connectivity index (χ3n) is 8.38. The molecular weight excluding hydrogens is 636 g/mol. The lowest BCUT2D eigenvalue weighted by atomic mass is 9.96. The first-order valence-electron chi connectivity index (χ1n) is 14.5. The fourth-order valence-electron chi connectivity index (χ4n) is 5.51. The van der Waals surface area contributed by atoms with Crippen LogP contribution in [0.3, 0.4) is 0 Å². The first kappa shape index (κ1) is 38.0. The molecule has 0 aliphatic carbocycles. The fourth-order valence-corrected chi connectivity index (χ4v) is 5.51. The Labute approximate surface area is 261 Å². The van der Waals surface area contributed by atoms with Crippen molar-refractivity contribution in [2.45, 2.75) is 123 Å². The molecule has 13 N–H and O–H groups in total. The molecule has 0 spiro atoms. The molecule has 0 radical (unpaired) electrons. The molecule has 4 saturated heterocycles. The van der Waals surface area contributed by atoms with Crippen LogP contribution in [0.25, 0.3) is 0 Å². The van der Waals surface area contributed by atoms with Crippen molar-refractivity contribution < 1.29 is 104 Å². The molecular formula is C25H44O21. The van der Waals surface area contributed by atoms with Crippen LogP contribution in [0.1, 0.15) is 0 Å². The number of hydrogen-bond donors (Lipinski definition) is 13. The molecule has 4 aliphatic rings. The van der Waals surface area contributed by atoms with Gasteiger partial charge in [-0.05, 0) is 0 Å². The molecule has 0 bridgehead atoms. The summed E-state index contributed by atoms with van der Waals surface area (Å²) in [6.45, 7) is -2.72. The molecule has 0 aromatic rings. The quantitative estimate of drug-likeness (QED) is 0.0963. The van der Waals surface area contributed by atoms with E-state index in [1.165, 1.54) is 0 Å². The van der Waals surface area contributed by atoms with Crippen molar-refractivity contribution in [2.75, 3.05) is 33.5 Å². The van der Waals surface area contributed by atoms with E-state index in [0.29, 0.717) is 0 Å². The zero-order valence-corrected chi connectivity index (χ0v) is 24.5. The molecule has 0 unspecified atom stereocenters. The van der Waals surface area contributed by atoms with E-state index in [4.69, 9.17) is 37.9 Å². The van der Waals surface area contributed by atoms with E-state index >= 15 is 0 Å². The summed E-state index contributed by atoms with van der Waals surface area (Å²) in [5, 5.41) is 132. The van der Waals surface area contributed by atoms with Gasteiger partial charge >= 0.3 is 0 Å². The lowest BCUT2D eigenvalue weighted by molar-refractivity contribution is -0.368. The number of methoxy groups -OCH3 is 1. The van der Waals surface area contributed by atoms with Crippen LogP contribution in [0.5, 0.6) is 0 Å². The third kappa shape index (κ3) is 7.80. The van der Waals surface area contributed by atoms with Crippen LogP contribution in [0.4, 0.5) is 0 Å². The molecule has 0 saturated carbocycles. The monoisotopic (exact) mass is 680 g/mol. The van der Waals surface area contributed by atoms with Gasteiger partial charge in [-0.3, -0.25) is 0 Å². The largest absolute Gasteiger partial charge is 0.394 e. The minimum Gasteiger partial charge on any atom is -0.394 e. The summed E-state index contributed by atoms with van der Waals surface area (Å²) < 4.78 is 43.1. The molecule has 4 fully saturated rings. The number of rotatable bonds is 11. The van der Waals surface area contributed by atoms with Crippen molar-refractivity contribution in [3.05, 3.63) is 0 Å². The Bertz CT molecular complexity index is 930. The highest BCUT2D eigenvalue weighted by molar-refractivity contribution is 4.96. The molecule has 21 nitrogen and oxygen atoms in total. The maximum Gasteiger partial charge on any atom is 0.187 e. The highest BCUT2D eigenvalue weighted by atomic mass is 16.8. The first-order chi connectivity index (χ1) is 21.7. The fraction of sp³-hybridized carbons (Fsp3) is 1.00. The molecule has 4 aliphatic heterocycles. The van der Waals surface area contributed by atoms with Gasteiger partial charge in [0.05, 0.1) is 26.4 Å². The van der Waals surface area contributed by atoms with Crippen molar-refractivity contribution >= 4 is 0 Å². The Kier molecular flexibility index (Phi) is 13.4. The molecule has 270 valence electrons. The second-order valence-electron chi connectivity index (χ2n) is 11.4. The van der Waals surface area contributed by atoms with E-state index in [1.807, 2.05) is 0 Å². The average Bonchev–Trinajstić information content (AvgIpc) is 3.05. The normalized spacial score (nSPS) is 52.0. The Morgan fingerprint density at radius 3 is 1.22 bits per heavy atom. The number of aliphatic hydroxyl groups excluding tert-OH is 13. The number of ether oxygens (including phenoxy) is 8. The summed E-state index contributed by atoms with van der Waals surface area (Å²) in [6.07, 6.45) is -33.3. The summed E-state index contributed by atoms with van der Waals surface area (Å²) >= 11 is 0. The zero-order valence-electron chi connectivity index (χ0n) is 24.5. The molecule has 46 heavy (non-hydrogen) atoms. The van der Waals surface area contributed by atoms with E-state index < -0.39 is 149 Å². The summed E-state index contributed by atoms with van der Waals surface area (Å²) in [4.78, 5) is 0. The SMILES string of the molecule is CO[C@@H]1O[C@H](CO[C@@H]2O[C@H](CO)[C@H](O)[C@H](O)[C@H]2O)[C@H](O)[C@H](O[C@@H]2O[C@H](CO[C@@H]3O[C@H](CO)[C@H](O)[C@H](O)[C@H]3O)[C@H](O)[C@H](O)[C@H]2O)[C@H]1O. The first-order valence-corrected chi connectivity index (χ1v) is 14.5. The van der Waals surface area contributed by atoms with Gasteiger partial charge in [0.15, 0.2) is 25.2 Å². The second kappa shape index (κ2) is 16.2. The average molecular weight is 681 g/mol. The summed E-state index contributed by atoms with van der Waals surface area (Å²) in [7, 11) is 1.15. The molecule has 20 atom stereocenters. The summed E-state index contributed by atoms with van der Waals surface area (Å²) in [5.41, 5.74) is 0. The van der Waals surface area contributed by atoms with Crippen LogP contribution < -0.4 is 0 Å². The van der Waals surface area contributed by atoms with Crippen molar-refractivity contribution in [3.63, 3.8) is 0 Å². The maximum absolute atomic E-state index is 11.0. The van der Waals surface area contributed by atoms with Gasteiger partial charge in [-0.15, -0.1) is 0 Å². The van der Waals surface area contributed by atoms with E-state index in [0.717, 1.165) is 7.11 Å². The van der Waals surface area contributed by atoms with Gasteiger partial charge in [0.25, 0.3) is 0 Å². The van der Waals surface area contributed by atoms with Gasteiger partial charge in [-0.25, -0.2) is 0 Å². The molecule has 4 rings (SSSR count). The van der Waals surface area contributed by atoms with Crippen LogP contribution in [-0.2, 0) is 37.9 Å². The predicted molar refractivity (Wildman–Crippen MR) is 139 cm³/mol. The van der Waals surface area contributed by atoms with E-state index in [-0.39, 0.29) is 0 Å². The van der Waals surface area contributed by atoms with Gasteiger partial charge in [-0.2, -0.15) is 0 Å². The minimum atomic E-state index is -1.95. The Morgan fingerprint density at radius 1 is 0.413 bits per heavy atom. The zero-order chi connectivity index (χ0) is 34.0. The highest BCUT2D eigenvalue weighted by Gasteiger charge is 2.52. The maximum atomic E-state index is 11.0. The van der Waals surface area contributed by atoms with E-state index in [9.17, 15) is 66.4 Å². The van der Waals surface area contributed by atoms with Crippen molar-refractivity contribution in [1.82, 2.24) is 0 Å². The molecule has 0 aromatic carbocycles. The number of hydrogen-bond acceptors (Lipinski definition) is 21. The van der Waals surface area contributed by atoms with Crippen LogP contribution in [0, 0.1) is 0 Å². The molecule has 0 amide bonds. The van der Waals surface area contributed by atoms with Crippen LogP contribution in [0.2, 0.25) is 0 Å². The third-order valence-corrected chi connectivity index (χ3v) is 8.38. The van der Waals surface area contributed by atoms with Crippen LogP contribution in [0.15, 0.2) is 0 Å². The van der Waals surface area contributed by atoms with E-state index in [2.05, 4.69) is 0 Å². The smallest absolute Gasteiger partial charge is 0.187 e. The number of aliphatic hydroxyl groups is 13. The van der Waals surface area contributed by atoms with Gasteiger partial charge in [0.1, 0.15) is 97.7 Å². The van der Waals surface area contributed by atoms with Gasteiger partial charge in [-0.1, -0.05) is 0 Å². The van der Waals surface area contributed by atoms with Crippen molar-refractivity contribution in [2.24, 2.45) is 0 Å². The predicted octanol–water partition coefficient (Wildman–Crippen LogP) is -9.09. The topological polar surface area (TPSA) is 337 Å². The van der Waals surface area contributed by atoms with Crippen LogP contribution >= 0.6 is 0 Å². The standard InChI is InChI=1S/C25H44O21/c1-39-22-20(38)21(13(31)9(44-22)5-41-24-18(36)15(33)11(29)7(3-27)43-24)46-25-19(37)16(34)12(30)8(45-25)4-40-23-17(35)14(32)10(28)6(2-26)42-23/h6-38H,2-5H2,1H3/t6-,7-,8-,9-,10+,11+,12+,13+,14+,15+,16+,17-,18-,19-,20-,21+,22-,23-,24-,25+/m1/s1. The van der Waals surface area contributed by atoms with E-state index in [1.54, 1.807) is 0 Å². The van der Waals surface area contributed by atoms with Gasteiger partial charge in [0, 0.05) is 7.11 Å². The lowest BCUT2D eigenvalue weighted by Crippen LogP contribution is -2.65. The van der Waals surface area contributed by atoms with Gasteiger partial charge < -0.3 is 104 Å². The molecule has 4 heterocycles. The Hall–Kier alpha value is -0.840. The second-order valence-corrected chi connectivity index (χ2v) is 11.4. The van der Waals surface area contributed by atoms with Crippen molar-refractivity contribution in [1.29, 1.82) is 0 Å². The molecule has 0 aromatic heterocycles. The lowest BCUT2D eigenvalue weighted by Gasteiger charge is -2.46. The van der Waals surface area contributed by atoms with Crippen molar-refractivity contribution in [3.8, 4) is 0 Å². The van der Waals surface area contributed by atoms with Crippen LogP contribution in [-0.4, -0.2) is 223 Å². The molecule has 21 heteroatoms. The van der Waals surface area contributed by atoms with Gasteiger partial charge in [0.2, 0.25) is 0 Å². The summed E-state index contributed by atoms with van der Waals surface area (Å²) in [6, 6.07) is 0. The minimum absolute atomic E-state index is 0.596.